The van der Waals surface area contributed by atoms with Crippen molar-refractivity contribution in [2.75, 3.05) is 47.2 Å². The van der Waals surface area contributed by atoms with Gasteiger partial charge < -0.3 is 43.5 Å². The largest absolute Gasteiger partial charge is 0.493 e. The van der Waals surface area contributed by atoms with Crippen LogP contribution in [0.2, 0.25) is 0 Å². The van der Waals surface area contributed by atoms with Gasteiger partial charge in [-0.25, -0.2) is 4.79 Å². The standard InChI is InChI=1S/C33H43N3O10/c1-5-43-31(38)9-8-30(37)35-18-22-14-26(41-3)28(16-24(22)19-35)45-12-7-13-46-29-17-25-21-36(20-23(25)15-27(29)42-4)33(40)34-11-10-32(39)44-6-2/h14-17H,5-13,18-21H2,1-4H3,(H,34,40). The molecule has 2 heterocycles. The van der Waals surface area contributed by atoms with Crippen LogP contribution in [0.25, 0.3) is 0 Å². The lowest BCUT2D eigenvalue weighted by Crippen LogP contribution is -2.37. The van der Waals surface area contributed by atoms with Crippen LogP contribution < -0.4 is 24.3 Å². The van der Waals surface area contributed by atoms with Crippen molar-refractivity contribution in [3.05, 3.63) is 46.5 Å². The highest BCUT2D eigenvalue weighted by atomic mass is 16.5. The Labute approximate surface area is 269 Å². The summed E-state index contributed by atoms with van der Waals surface area (Å²) in [6.45, 7) is 6.73. The zero-order chi connectivity index (χ0) is 33.1. The first-order chi connectivity index (χ1) is 22.3. The Kier molecular flexibility index (Phi) is 12.3. The van der Waals surface area contributed by atoms with E-state index in [2.05, 4.69) is 5.32 Å². The first-order valence-corrected chi connectivity index (χ1v) is 15.5. The molecule has 0 atom stereocenters. The van der Waals surface area contributed by atoms with Gasteiger partial charge in [-0.15, -0.1) is 0 Å². The molecule has 13 heteroatoms. The number of methoxy groups -OCH3 is 2. The van der Waals surface area contributed by atoms with Crippen LogP contribution in [0.4, 0.5) is 4.79 Å². The van der Waals surface area contributed by atoms with Crippen LogP contribution in [0.1, 0.15) is 61.8 Å². The average molecular weight is 642 g/mol. The van der Waals surface area contributed by atoms with Gasteiger partial charge in [-0.2, -0.15) is 0 Å². The summed E-state index contributed by atoms with van der Waals surface area (Å²) in [7, 11) is 3.14. The summed E-state index contributed by atoms with van der Waals surface area (Å²) in [5.41, 5.74) is 3.88. The molecule has 13 nitrogen and oxygen atoms in total. The number of benzene rings is 2. The van der Waals surface area contributed by atoms with Crippen LogP contribution in [0.5, 0.6) is 23.0 Å². The monoisotopic (exact) mass is 641 g/mol. The molecule has 0 radical (unpaired) electrons. The minimum absolute atomic E-state index is 0.0615. The maximum absolute atomic E-state index is 12.7. The number of amides is 3. The summed E-state index contributed by atoms with van der Waals surface area (Å²) in [6.07, 6.45) is 0.864. The lowest BCUT2D eigenvalue weighted by molar-refractivity contribution is -0.145. The number of rotatable bonds is 16. The van der Waals surface area contributed by atoms with E-state index in [-0.39, 0.29) is 49.7 Å². The van der Waals surface area contributed by atoms with Crippen LogP contribution >= 0.6 is 0 Å². The van der Waals surface area contributed by atoms with E-state index in [4.69, 9.17) is 28.4 Å². The number of fused-ring (bicyclic) bond motifs is 2. The Morgan fingerprint density at radius 2 is 1.11 bits per heavy atom. The number of hydrogen-bond acceptors (Lipinski definition) is 10. The number of carbonyl (C=O) groups excluding carboxylic acids is 4. The highest BCUT2D eigenvalue weighted by molar-refractivity contribution is 5.82. The zero-order valence-electron chi connectivity index (χ0n) is 27.0. The van der Waals surface area contributed by atoms with Crippen molar-refractivity contribution in [1.29, 1.82) is 0 Å². The van der Waals surface area contributed by atoms with Crippen molar-refractivity contribution in [3.8, 4) is 23.0 Å². The Morgan fingerprint density at radius 1 is 0.652 bits per heavy atom. The van der Waals surface area contributed by atoms with Gasteiger partial charge in [0.25, 0.3) is 0 Å². The number of nitrogens with zero attached hydrogens (tertiary/aromatic N) is 2. The quantitative estimate of drug-likeness (QED) is 0.213. The second-order valence-electron chi connectivity index (χ2n) is 10.8. The topological polar surface area (TPSA) is 142 Å². The van der Waals surface area contributed by atoms with Crippen LogP contribution in [-0.4, -0.2) is 80.9 Å². The lowest BCUT2D eigenvalue weighted by Gasteiger charge is -2.16. The van der Waals surface area contributed by atoms with Crippen molar-refractivity contribution in [2.45, 2.75) is 65.7 Å². The van der Waals surface area contributed by atoms with Gasteiger partial charge in [0.15, 0.2) is 23.0 Å². The van der Waals surface area contributed by atoms with Gasteiger partial charge in [0.2, 0.25) is 5.91 Å². The van der Waals surface area contributed by atoms with E-state index < -0.39 is 0 Å². The molecular formula is C33H43N3O10. The third-order valence-electron chi connectivity index (χ3n) is 7.62. The third-order valence-corrected chi connectivity index (χ3v) is 7.62. The first kappa shape index (κ1) is 34.2. The van der Waals surface area contributed by atoms with E-state index in [9.17, 15) is 19.2 Å². The lowest BCUT2D eigenvalue weighted by atomic mass is 10.1. The smallest absolute Gasteiger partial charge is 0.318 e. The number of nitrogens with one attached hydrogen (secondary N) is 1. The number of esters is 2. The van der Waals surface area contributed by atoms with Crippen LogP contribution in [0.3, 0.4) is 0 Å². The second kappa shape index (κ2) is 16.6. The van der Waals surface area contributed by atoms with Gasteiger partial charge in [0, 0.05) is 45.6 Å². The Hall–Kier alpha value is -4.68. The molecule has 2 aromatic rings. The molecule has 46 heavy (non-hydrogen) atoms. The van der Waals surface area contributed by atoms with Gasteiger partial charge >= 0.3 is 18.0 Å². The number of hydrogen-bond donors (Lipinski definition) is 1. The van der Waals surface area contributed by atoms with Gasteiger partial charge in [-0.3, -0.25) is 14.4 Å². The molecule has 4 rings (SSSR count). The zero-order valence-corrected chi connectivity index (χ0v) is 27.0. The molecule has 2 aliphatic heterocycles. The Bertz CT molecular complexity index is 1410. The molecule has 0 spiro atoms. The molecule has 0 fully saturated rings. The molecule has 0 aliphatic carbocycles. The number of urea groups is 1. The van der Waals surface area contributed by atoms with Crippen molar-refractivity contribution < 1.29 is 47.6 Å². The summed E-state index contributed by atoms with van der Waals surface area (Å²) in [5, 5.41) is 2.76. The fraction of sp³-hybridized carbons (Fsp3) is 0.515. The normalized spacial score (nSPS) is 13.0. The van der Waals surface area contributed by atoms with Gasteiger partial charge in [0.1, 0.15) is 0 Å². The van der Waals surface area contributed by atoms with E-state index in [1.807, 2.05) is 24.3 Å². The minimum Gasteiger partial charge on any atom is -0.493 e. The molecule has 0 saturated heterocycles. The fourth-order valence-corrected chi connectivity index (χ4v) is 5.32. The Morgan fingerprint density at radius 3 is 1.59 bits per heavy atom. The summed E-state index contributed by atoms with van der Waals surface area (Å²) in [6, 6.07) is 7.31. The molecule has 0 unspecified atom stereocenters. The summed E-state index contributed by atoms with van der Waals surface area (Å²) in [5.74, 6) is 1.49. The Balaban J connectivity index is 1.25. The van der Waals surface area contributed by atoms with Gasteiger partial charge in [0.05, 0.1) is 53.5 Å². The molecule has 0 aromatic heterocycles. The first-order valence-electron chi connectivity index (χ1n) is 15.5. The van der Waals surface area contributed by atoms with Crippen molar-refractivity contribution in [2.24, 2.45) is 0 Å². The predicted molar refractivity (Wildman–Crippen MR) is 166 cm³/mol. The summed E-state index contributed by atoms with van der Waals surface area (Å²) in [4.78, 5) is 51.8. The van der Waals surface area contributed by atoms with Crippen LogP contribution in [-0.2, 0) is 50.0 Å². The maximum atomic E-state index is 12.7. The molecule has 0 saturated carbocycles. The van der Waals surface area contributed by atoms with Crippen molar-refractivity contribution in [3.63, 3.8) is 0 Å². The van der Waals surface area contributed by atoms with Gasteiger partial charge in [-0.05, 0) is 60.4 Å². The van der Waals surface area contributed by atoms with Crippen molar-refractivity contribution in [1.82, 2.24) is 15.1 Å². The van der Waals surface area contributed by atoms with Crippen LogP contribution in [0.15, 0.2) is 24.3 Å². The molecule has 3 amide bonds. The molecule has 0 bridgehead atoms. The molecule has 250 valence electrons. The fourth-order valence-electron chi connectivity index (χ4n) is 5.32. The molecule has 2 aromatic carbocycles. The van der Waals surface area contributed by atoms with E-state index >= 15 is 0 Å². The highest BCUT2D eigenvalue weighted by Gasteiger charge is 2.27. The SMILES string of the molecule is CCOC(=O)CCNC(=O)N1Cc2cc(OC)c(OCCCOc3cc4c(cc3OC)CN(C(=O)CCC(=O)OCC)C4)cc2C1. The molecule has 2 aliphatic rings. The minimum atomic E-state index is -0.375. The molecule has 1 N–H and O–H groups in total. The third kappa shape index (κ3) is 8.95. The summed E-state index contributed by atoms with van der Waals surface area (Å²) >= 11 is 0. The van der Waals surface area contributed by atoms with E-state index in [1.165, 1.54) is 0 Å². The second-order valence-corrected chi connectivity index (χ2v) is 10.8. The van der Waals surface area contributed by atoms with E-state index in [0.29, 0.717) is 82.0 Å². The number of carbonyl (C=O) groups is 4. The molecular weight excluding hydrogens is 598 g/mol. The average Bonchev–Trinajstić information content (AvgIpc) is 3.66. The highest BCUT2D eigenvalue weighted by Crippen LogP contribution is 2.37. The van der Waals surface area contributed by atoms with E-state index in [1.54, 1.807) is 37.9 Å². The van der Waals surface area contributed by atoms with Crippen LogP contribution in [0, 0.1) is 0 Å². The van der Waals surface area contributed by atoms with E-state index in [0.717, 1.165) is 22.3 Å². The van der Waals surface area contributed by atoms with Crippen molar-refractivity contribution >= 4 is 23.9 Å². The maximum Gasteiger partial charge on any atom is 0.318 e. The number of ether oxygens (including phenoxy) is 6. The predicted octanol–water partition coefficient (Wildman–Crippen LogP) is 3.72. The van der Waals surface area contributed by atoms with Gasteiger partial charge in [-0.1, -0.05) is 0 Å². The summed E-state index contributed by atoms with van der Waals surface area (Å²) < 4.78 is 33.0.